The first-order chi connectivity index (χ1) is 10.8. The fourth-order valence-corrected chi connectivity index (χ4v) is 2.89. The van der Waals surface area contributed by atoms with Crippen molar-refractivity contribution in [2.75, 3.05) is 0 Å². The van der Waals surface area contributed by atoms with Crippen LogP contribution in [0.5, 0.6) is 0 Å². The molecule has 4 nitrogen and oxygen atoms in total. The van der Waals surface area contributed by atoms with Crippen molar-refractivity contribution >= 4 is 5.91 Å². The van der Waals surface area contributed by atoms with Crippen LogP contribution in [-0.4, -0.2) is 10.9 Å². The van der Waals surface area contributed by atoms with Gasteiger partial charge in [-0.15, -0.1) is 0 Å². The van der Waals surface area contributed by atoms with Crippen LogP contribution in [0.1, 0.15) is 46.1 Å². The lowest BCUT2D eigenvalue weighted by molar-refractivity contribution is 0.0999. The van der Waals surface area contributed by atoms with Gasteiger partial charge >= 0.3 is 0 Å². The molecule has 0 bridgehead atoms. The summed E-state index contributed by atoms with van der Waals surface area (Å²) in [5, 5.41) is 0. The zero-order chi connectivity index (χ0) is 17.3. The molecule has 0 saturated carbocycles. The molecule has 0 aliphatic heterocycles. The van der Waals surface area contributed by atoms with Crippen LogP contribution in [-0.2, 0) is 6.42 Å². The van der Waals surface area contributed by atoms with Crippen LogP contribution < -0.4 is 11.3 Å². The molecule has 0 aliphatic rings. The molecule has 1 amide bonds. The smallest absolute Gasteiger partial charge is 0.256 e. The highest BCUT2D eigenvalue weighted by atomic mass is 19.1. The standard InChI is InChI=1S/C18H21FN2O2/c1-5-6-14-15(18(23)21-11(4)16(14)19)12-7-8-13(17(20)22)10(3)9(12)2/h7-8H,5-6H2,1-4H3,(H2,20,22)(H,21,23). The largest absolute Gasteiger partial charge is 0.366 e. The fraction of sp³-hybridized carbons (Fsp3) is 0.333. The molecule has 0 atom stereocenters. The van der Waals surface area contributed by atoms with E-state index in [4.69, 9.17) is 5.73 Å². The summed E-state index contributed by atoms with van der Waals surface area (Å²) in [6.45, 7) is 7.07. The zero-order valence-corrected chi connectivity index (χ0v) is 13.8. The zero-order valence-electron chi connectivity index (χ0n) is 13.8. The minimum absolute atomic E-state index is 0.241. The van der Waals surface area contributed by atoms with E-state index in [2.05, 4.69) is 4.98 Å². The van der Waals surface area contributed by atoms with E-state index in [0.29, 0.717) is 34.2 Å². The number of benzene rings is 1. The SMILES string of the molecule is CCCc1c(F)c(C)[nH]c(=O)c1-c1ccc(C(N)=O)c(C)c1C. The van der Waals surface area contributed by atoms with Gasteiger partial charge in [-0.05, 0) is 49.9 Å². The number of nitrogens with one attached hydrogen (secondary N) is 1. The molecule has 122 valence electrons. The van der Waals surface area contributed by atoms with Gasteiger partial charge in [0.15, 0.2) is 0 Å². The molecule has 23 heavy (non-hydrogen) atoms. The Kier molecular flexibility index (Phi) is 4.68. The summed E-state index contributed by atoms with van der Waals surface area (Å²) in [7, 11) is 0. The number of hydrogen-bond acceptors (Lipinski definition) is 2. The maximum atomic E-state index is 14.5. The number of aryl methyl sites for hydroxylation is 1. The summed E-state index contributed by atoms with van der Waals surface area (Å²) in [4.78, 5) is 26.5. The van der Waals surface area contributed by atoms with E-state index >= 15 is 0 Å². The number of aromatic nitrogens is 1. The normalized spacial score (nSPS) is 10.8. The molecule has 0 spiro atoms. The van der Waals surface area contributed by atoms with Gasteiger partial charge in [0.1, 0.15) is 5.82 Å². The molecular formula is C18H21FN2O2. The van der Waals surface area contributed by atoms with E-state index in [1.54, 1.807) is 26.0 Å². The average Bonchev–Trinajstić information content (AvgIpc) is 2.48. The third-order valence-corrected chi connectivity index (χ3v) is 4.25. The van der Waals surface area contributed by atoms with Gasteiger partial charge < -0.3 is 10.7 Å². The van der Waals surface area contributed by atoms with Gasteiger partial charge in [-0.25, -0.2) is 4.39 Å². The van der Waals surface area contributed by atoms with E-state index < -0.39 is 5.91 Å². The Balaban J connectivity index is 2.82. The van der Waals surface area contributed by atoms with Gasteiger partial charge in [0, 0.05) is 11.1 Å². The Bertz CT molecular complexity index is 838. The van der Waals surface area contributed by atoms with Crippen LogP contribution >= 0.6 is 0 Å². The number of halogens is 1. The quantitative estimate of drug-likeness (QED) is 0.909. The number of carbonyl (C=O) groups excluding carboxylic acids is 1. The Morgan fingerprint density at radius 3 is 2.43 bits per heavy atom. The van der Waals surface area contributed by atoms with E-state index in [0.717, 1.165) is 12.0 Å². The highest BCUT2D eigenvalue weighted by molar-refractivity contribution is 5.95. The van der Waals surface area contributed by atoms with E-state index in [1.165, 1.54) is 0 Å². The van der Waals surface area contributed by atoms with Crippen LogP contribution in [0.2, 0.25) is 0 Å². The van der Waals surface area contributed by atoms with Crippen LogP contribution in [0, 0.1) is 26.6 Å². The molecule has 0 radical (unpaired) electrons. The summed E-state index contributed by atoms with van der Waals surface area (Å²) in [5.74, 6) is -0.896. The molecule has 1 heterocycles. The molecule has 0 unspecified atom stereocenters. The Labute approximate surface area is 134 Å². The van der Waals surface area contributed by atoms with E-state index in [1.807, 2.05) is 13.8 Å². The average molecular weight is 316 g/mol. The molecule has 3 N–H and O–H groups in total. The first kappa shape index (κ1) is 16.9. The van der Waals surface area contributed by atoms with Gasteiger partial charge in [-0.1, -0.05) is 19.4 Å². The van der Waals surface area contributed by atoms with Crippen LogP contribution in [0.4, 0.5) is 4.39 Å². The van der Waals surface area contributed by atoms with Crippen molar-refractivity contribution in [3.05, 3.63) is 56.3 Å². The number of pyridine rings is 1. The van der Waals surface area contributed by atoms with Gasteiger partial charge in [0.25, 0.3) is 5.56 Å². The Morgan fingerprint density at radius 1 is 1.22 bits per heavy atom. The minimum atomic E-state index is -0.519. The summed E-state index contributed by atoms with van der Waals surface area (Å²) in [6, 6.07) is 3.26. The highest BCUT2D eigenvalue weighted by Gasteiger charge is 2.20. The summed E-state index contributed by atoms with van der Waals surface area (Å²) in [6.07, 6.45) is 1.20. The third-order valence-electron chi connectivity index (χ3n) is 4.25. The second-order valence-electron chi connectivity index (χ2n) is 5.77. The maximum Gasteiger partial charge on any atom is 0.256 e. The van der Waals surface area contributed by atoms with Gasteiger partial charge in [-0.2, -0.15) is 0 Å². The number of H-pyrrole nitrogens is 1. The van der Waals surface area contributed by atoms with Crippen molar-refractivity contribution in [3.8, 4) is 11.1 Å². The second kappa shape index (κ2) is 6.36. The van der Waals surface area contributed by atoms with Crippen molar-refractivity contribution in [1.82, 2.24) is 4.98 Å². The number of nitrogens with two attached hydrogens (primary N) is 1. The third kappa shape index (κ3) is 2.91. The summed E-state index contributed by atoms with van der Waals surface area (Å²) in [5.41, 5.74) is 8.55. The molecular weight excluding hydrogens is 295 g/mol. The predicted octanol–water partition coefficient (Wildman–Crippen LogP) is 3.16. The molecule has 2 aromatic rings. The van der Waals surface area contributed by atoms with Crippen LogP contribution in [0.3, 0.4) is 0 Å². The Morgan fingerprint density at radius 2 is 1.87 bits per heavy atom. The summed E-state index contributed by atoms with van der Waals surface area (Å²) >= 11 is 0. The molecule has 0 fully saturated rings. The van der Waals surface area contributed by atoms with Gasteiger partial charge in [0.05, 0.1) is 11.3 Å². The lowest BCUT2D eigenvalue weighted by Gasteiger charge is -2.16. The molecule has 0 saturated heterocycles. The van der Waals surface area contributed by atoms with Crippen LogP contribution in [0.25, 0.3) is 11.1 Å². The molecule has 0 aliphatic carbocycles. The molecule has 5 heteroatoms. The first-order valence-electron chi connectivity index (χ1n) is 7.61. The first-order valence-corrected chi connectivity index (χ1v) is 7.61. The van der Waals surface area contributed by atoms with Crippen molar-refractivity contribution in [2.24, 2.45) is 5.73 Å². The number of carbonyl (C=O) groups is 1. The monoisotopic (exact) mass is 316 g/mol. The Hall–Kier alpha value is -2.43. The fourth-order valence-electron chi connectivity index (χ4n) is 2.89. The number of amides is 1. The minimum Gasteiger partial charge on any atom is -0.366 e. The topological polar surface area (TPSA) is 75.9 Å². The van der Waals surface area contributed by atoms with Gasteiger partial charge in [-0.3, -0.25) is 9.59 Å². The number of rotatable bonds is 4. The van der Waals surface area contributed by atoms with Crippen LogP contribution in [0.15, 0.2) is 16.9 Å². The lowest BCUT2D eigenvalue weighted by Crippen LogP contribution is -2.18. The molecule has 2 rings (SSSR count). The van der Waals surface area contributed by atoms with Crippen molar-refractivity contribution in [1.29, 1.82) is 0 Å². The number of hydrogen-bond donors (Lipinski definition) is 2. The second-order valence-corrected chi connectivity index (χ2v) is 5.77. The predicted molar refractivity (Wildman–Crippen MR) is 89.2 cm³/mol. The lowest BCUT2D eigenvalue weighted by atomic mass is 9.90. The maximum absolute atomic E-state index is 14.5. The summed E-state index contributed by atoms with van der Waals surface area (Å²) < 4.78 is 14.5. The van der Waals surface area contributed by atoms with E-state index in [-0.39, 0.29) is 17.1 Å². The van der Waals surface area contributed by atoms with Crippen molar-refractivity contribution in [2.45, 2.75) is 40.5 Å². The van der Waals surface area contributed by atoms with Gasteiger partial charge in [0.2, 0.25) is 5.91 Å². The highest BCUT2D eigenvalue weighted by Crippen LogP contribution is 2.30. The van der Waals surface area contributed by atoms with Crippen molar-refractivity contribution in [3.63, 3.8) is 0 Å². The van der Waals surface area contributed by atoms with Crippen molar-refractivity contribution < 1.29 is 9.18 Å². The number of aromatic amines is 1. The number of primary amides is 1. The van der Waals surface area contributed by atoms with E-state index in [9.17, 15) is 14.0 Å². The molecule has 1 aromatic heterocycles. The molecule has 1 aromatic carbocycles.